The van der Waals surface area contributed by atoms with Crippen molar-refractivity contribution in [2.45, 2.75) is 13.3 Å². The molecule has 1 rings (SSSR count). The minimum absolute atomic E-state index is 0.390. The summed E-state index contributed by atoms with van der Waals surface area (Å²) in [6.45, 7) is 1.83. The number of nitrogens with two attached hydrogens (primary N) is 1. The number of carbonyl (C=O) groups is 1. The molecule has 0 aliphatic heterocycles. The van der Waals surface area contributed by atoms with Gasteiger partial charge in [-0.05, 0) is 86.3 Å². The molecule has 0 heterocycles. The Hall–Kier alpha value is 0.420. The molecule has 3 nitrogen and oxygen atoms in total. The predicted octanol–water partition coefficient (Wildman–Crippen LogP) is 3.96. The number of hydrogen-bond acceptors (Lipinski definition) is 2. The van der Waals surface area contributed by atoms with Gasteiger partial charge in [0, 0.05) is 21.8 Å². The lowest BCUT2D eigenvalue weighted by molar-refractivity contribution is -0.132. The third kappa shape index (κ3) is 3.69. The van der Waals surface area contributed by atoms with Gasteiger partial charge in [-0.15, -0.1) is 0 Å². The highest BCUT2D eigenvalue weighted by atomic mass is 127. The van der Waals surface area contributed by atoms with Gasteiger partial charge < -0.3 is 10.8 Å². The molecule has 6 heteroatoms. The van der Waals surface area contributed by atoms with Gasteiger partial charge in [0.2, 0.25) is 0 Å². The third-order valence-corrected chi connectivity index (χ3v) is 5.16. The molecule has 0 fully saturated rings. The lowest BCUT2D eigenvalue weighted by atomic mass is 10.1. The Morgan fingerprint density at radius 1 is 1.41 bits per heavy atom. The van der Waals surface area contributed by atoms with Crippen LogP contribution in [0.2, 0.25) is 0 Å². The van der Waals surface area contributed by atoms with Crippen LogP contribution < -0.4 is 5.73 Å². The van der Waals surface area contributed by atoms with E-state index in [1.807, 2.05) is 13.0 Å². The molecule has 1 aromatic carbocycles. The van der Waals surface area contributed by atoms with E-state index < -0.39 is 5.97 Å². The Morgan fingerprint density at radius 2 is 2.00 bits per heavy atom. The molecular formula is C11H10I3NO2. The molecule has 3 N–H and O–H groups in total. The van der Waals surface area contributed by atoms with Gasteiger partial charge in [-0.1, -0.05) is 6.92 Å². The number of anilines is 1. The van der Waals surface area contributed by atoms with Gasteiger partial charge in [0.25, 0.3) is 0 Å². The first-order valence-corrected chi connectivity index (χ1v) is 7.98. The Morgan fingerprint density at radius 3 is 2.47 bits per heavy atom. The summed E-state index contributed by atoms with van der Waals surface area (Å²) in [6, 6.07) is 1.96. The van der Waals surface area contributed by atoms with E-state index in [1.54, 1.807) is 6.08 Å². The zero-order chi connectivity index (χ0) is 13.2. The Bertz CT molecular complexity index is 498. The van der Waals surface area contributed by atoms with E-state index in [4.69, 9.17) is 10.8 Å². The zero-order valence-electron chi connectivity index (χ0n) is 8.93. The summed E-state index contributed by atoms with van der Waals surface area (Å²) in [6.07, 6.45) is 2.20. The summed E-state index contributed by atoms with van der Waals surface area (Å²) in [5, 5.41) is 9.03. The van der Waals surface area contributed by atoms with Crippen molar-refractivity contribution < 1.29 is 9.90 Å². The number of carboxylic acid groups (broad SMARTS) is 1. The van der Waals surface area contributed by atoms with Crippen LogP contribution in [-0.4, -0.2) is 11.1 Å². The van der Waals surface area contributed by atoms with Crippen molar-refractivity contribution in [3.8, 4) is 0 Å². The molecule has 0 aliphatic carbocycles. The molecule has 0 unspecified atom stereocenters. The zero-order valence-corrected chi connectivity index (χ0v) is 15.4. The van der Waals surface area contributed by atoms with Crippen LogP contribution in [0.15, 0.2) is 11.6 Å². The van der Waals surface area contributed by atoms with Gasteiger partial charge in [-0.2, -0.15) is 0 Å². The molecular weight excluding hydrogens is 559 g/mol. The molecule has 92 valence electrons. The number of hydrogen-bond donors (Lipinski definition) is 2. The molecule has 17 heavy (non-hydrogen) atoms. The second-order valence-corrected chi connectivity index (χ2v) is 6.71. The highest BCUT2D eigenvalue weighted by Crippen LogP contribution is 2.31. The third-order valence-electron chi connectivity index (χ3n) is 2.22. The molecule has 0 aromatic heterocycles. The van der Waals surface area contributed by atoms with E-state index >= 15 is 0 Å². The maximum atomic E-state index is 11.0. The molecule has 0 bridgehead atoms. The van der Waals surface area contributed by atoms with Crippen LogP contribution in [-0.2, 0) is 4.79 Å². The largest absolute Gasteiger partial charge is 0.478 e. The van der Waals surface area contributed by atoms with Gasteiger partial charge in [0.15, 0.2) is 0 Å². The number of aliphatic carboxylic acids is 1. The predicted molar refractivity (Wildman–Crippen MR) is 94.9 cm³/mol. The summed E-state index contributed by atoms with van der Waals surface area (Å²) in [7, 11) is 0. The smallest absolute Gasteiger partial charge is 0.331 e. The summed E-state index contributed by atoms with van der Waals surface area (Å²) >= 11 is 6.53. The van der Waals surface area contributed by atoms with E-state index in [0.717, 1.165) is 16.3 Å². The van der Waals surface area contributed by atoms with Crippen molar-refractivity contribution in [3.63, 3.8) is 0 Å². The van der Waals surface area contributed by atoms with Gasteiger partial charge in [-0.25, -0.2) is 4.79 Å². The van der Waals surface area contributed by atoms with Gasteiger partial charge in [-0.3, -0.25) is 0 Å². The summed E-state index contributed by atoms with van der Waals surface area (Å²) in [5.41, 5.74) is 7.94. The second-order valence-electron chi connectivity index (χ2n) is 3.31. The highest BCUT2D eigenvalue weighted by Gasteiger charge is 2.12. The first-order chi connectivity index (χ1) is 7.88. The average molecular weight is 569 g/mol. The van der Waals surface area contributed by atoms with Crippen molar-refractivity contribution in [1.29, 1.82) is 0 Å². The van der Waals surface area contributed by atoms with Crippen LogP contribution in [0.25, 0.3) is 6.08 Å². The Balaban J connectivity index is 3.42. The topological polar surface area (TPSA) is 63.3 Å². The normalized spacial score (nSPS) is 11.6. The van der Waals surface area contributed by atoms with Crippen molar-refractivity contribution in [2.75, 3.05) is 5.73 Å². The van der Waals surface area contributed by atoms with Gasteiger partial charge in [0.1, 0.15) is 0 Å². The summed E-state index contributed by atoms with van der Waals surface area (Å²) in [4.78, 5) is 11.0. The molecule has 1 aromatic rings. The fourth-order valence-corrected chi connectivity index (χ4v) is 4.93. The monoisotopic (exact) mass is 569 g/mol. The van der Waals surface area contributed by atoms with Crippen LogP contribution in [0.4, 0.5) is 5.69 Å². The van der Waals surface area contributed by atoms with E-state index in [1.165, 1.54) is 0 Å². The lowest BCUT2D eigenvalue weighted by Crippen LogP contribution is -2.02. The fraction of sp³-hybridized carbons (Fsp3) is 0.182. The molecule has 0 radical (unpaired) electrons. The van der Waals surface area contributed by atoms with Crippen molar-refractivity contribution in [2.24, 2.45) is 0 Å². The number of nitrogen functional groups attached to an aromatic ring is 1. The maximum Gasteiger partial charge on any atom is 0.331 e. The van der Waals surface area contributed by atoms with Gasteiger partial charge >= 0.3 is 5.97 Å². The number of halogens is 3. The highest BCUT2D eigenvalue weighted by molar-refractivity contribution is 14.1. The first-order valence-electron chi connectivity index (χ1n) is 4.75. The van der Waals surface area contributed by atoms with E-state index in [2.05, 4.69) is 67.8 Å². The summed E-state index contributed by atoms with van der Waals surface area (Å²) < 4.78 is 2.91. The molecule has 0 amide bonds. The minimum atomic E-state index is -0.878. The maximum absolute atomic E-state index is 11.0. The number of benzene rings is 1. The van der Waals surface area contributed by atoms with Crippen LogP contribution in [0, 0.1) is 10.7 Å². The summed E-state index contributed by atoms with van der Waals surface area (Å²) in [5.74, 6) is -0.878. The van der Waals surface area contributed by atoms with Gasteiger partial charge in [0.05, 0.1) is 5.69 Å². The molecule has 0 saturated carbocycles. The first kappa shape index (κ1) is 15.5. The molecule has 0 spiro atoms. The van der Waals surface area contributed by atoms with E-state index in [9.17, 15) is 4.79 Å². The average Bonchev–Trinajstić information content (AvgIpc) is 2.26. The molecule has 0 aliphatic rings. The van der Waals surface area contributed by atoms with Crippen LogP contribution in [0.1, 0.15) is 18.9 Å². The van der Waals surface area contributed by atoms with Crippen molar-refractivity contribution >= 4 is 85.5 Å². The van der Waals surface area contributed by atoms with E-state index in [0.29, 0.717) is 17.7 Å². The number of carboxylic acids is 1. The minimum Gasteiger partial charge on any atom is -0.478 e. The van der Waals surface area contributed by atoms with Crippen molar-refractivity contribution in [3.05, 3.63) is 27.9 Å². The quantitative estimate of drug-likeness (QED) is 0.330. The second kappa shape index (κ2) is 6.55. The Kier molecular flexibility index (Phi) is 5.96. The van der Waals surface area contributed by atoms with Crippen LogP contribution in [0.5, 0.6) is 0 Å². The fourth-order valence-electron chi connectivity index (χ4n) is 1.24. The molecule has 0 saturated heterocycles. The number of rotatable bonds is 3. The van der Waals surface area contributed by atoms with Crippen LogP contribution in [0.3, 0.4) is 0 Å². The SMILES string of the molecule is CCC(=Cc1c(I)cc(I)c(N)c1I)C(=O)O. The van der Waals surface area contributed by atoms with Crippen LogP contribution >= 0.6 is 67.8 Å². The van der Waals surface area contributed by atoms with Crippen molar-refractivity contribution in [1.82, 2.24) is 0 Å². The molecule has 0 atom stereocenters. The lowest BCUT2D eigenvalue weighted by Gasteiger charge is -2.09. The standard InChI is InChI=1S/C11H10I3NO2/c1-2-5(11(16)17)3-6-7(12)4-8(13)10(15)9(6)14/h3-4H,2,15H2,1H3,(H,16,17). The Labute approximate surface area is 141 Å². The van der Waals surface area contributed by atoms with E-state index in [-0.39, 0.29) is 0 Å².